The van der Waals surface area contributed by atoms with E-state index in [4.69, 9.17) is 17.3 Å². The lowest BCUT2D eigenvalue weighted by molar-refractivity contribution is 0.485. The third-order valence-corrected chi connectivity index (χ3v) is 3.62. The Morgan fingerprint density at radius 3 is 2.75 bits per heavy atom. The van der Waals surface area contributed by atoms with Gasteiger partial charge in [0.25, 0.3) is 0 Å². The van der Waals surface area contributed by atoms with Gasteiger partial charge < -0.3 is 10.6 Å². The first-order valence-electron chi connectivity index (χ1n) is 5.92. The number of nitrogen functional groups attached to an aromatic ring is 1. The molecule has 0 aromatic heterocycles. The number of hydrogen-bond acceptors (Lipinski definition) is 2. The summed E-state index contributed by atoms with van der Waals surface area (Å²) in [6.45, 7) is 5.33. The molecule has 3 heteroatoms. The summed E-state index contributed by atoms with van der Waals surface area (Å²) in [5, 5.41) is 0.784. The van der Waals surface area contributed by atoms with Crippen LogP contribution in [-0.4, -0.2) is 12.6 Å². The van der Waals surface area contributed by atoms with Crippen molar-refractivity contribution in [3.05, 3.63) is 22.7 Å². The van der Waals surface area contributed by atoms with E-state index in [0.717, 1.165) is 28.5 Å². The van der Waals surface area contributed by atoms with Gasteiger partial charge in [-0.05, 0) is 50.8 Å². The summed E-state index contributed by atoms with van der Waals surface area (Å²) in [6, 6.07) is 4.54. The molecular weight excluding hydrogens is 220 g/mol. The third kappa shape index (κ3) is 2.12. The summed E-state index contributed by atoms with van der Waals surface area (Å²) in [7, 11) is 0. The van der Waals surface area contributed by atoms with Gasteiger partial charge in [0.05, 0.1) is 16.4 Å². The van der Waals surface area contributed by atoms with Crippen molar-refractivity contribution < 1.29 is 0 Å². The highest BCUT2D eigenvalue weighted by Gasteiger charge is 2.22. The zero-order valence-electron chi connectivity index (χ0n) is 9.96. The molecule has 0 saturated carbocycles. The van der Waals surface area contributed by atoms with E-state index in [1.54, 1.807) is 0 Å². The number of nitrogens with zero attached hydrogens (tertiary/aromatic N) is 1. The molecule has 0 spiro atoms. The Morgan fingerprint density at radius 1 is 1.38 bits per heavy atom. The second kappa shape index (κ2) is 4.54. The lowest BCUT2D eigenvalue weighted by Gasteiger charge is -2.36. The molecule has 1 heterocycles. The van der Waals surface area contributed by atoms with Gasteiger partial charge in [-0.3, -0.25) is 0 Å². The van der Waals surface area contributed by atoms with Crippen molar-refractivity contribution in [2.24, 2.45) is 0 Å². The SMILES string of the molecule is Cc1cc(N)c(N2CCCCC2C)c(Cl)c1. The van der Waals surface area contributed by atoms with Crippen molar-refractivity contribution in [2.45, 2.75) is 39.2 Å². The van der Waals surface area contributed by atoms with Crippen LogP contribution in [0, 0.1) is 6.92 Å². The monoisotopic (exact) mass is 238 g/mol. The maximum Gasteiger partial charge on any atom is 0.0791 e. The van der Waals surface area contributed by atoms with Crippen LogP contribution >= 0.6 is 11.6 Å². The van der Waals surface area contributed by atoms with Gasteiger partial charge in [0.2, 0.25) is 0 Å². The number of aryl methyl sites for hydroxylation is 1. The highest BCUT2D eigenvalue weighted by molar-refractivity contribution is 6.34. The molecule has 1 unspecified atom stereocenters. The molecular formula is C13H19ClN2. The second-order valence-electron chi connectivity index (χ2n) is 4.72. The Morgan fingerprint density at radius 2 is 2.12 bits per heavy atom. The fourth-order valence-electron chi connectivity index (χ4n) is 2.49. The minimum Gasteiger partial charge on any atom is -0.397 e. The smallest absolute Gasteiger partial charge is 0.0791 e. The Bertz CT molecular complexity index is 367. The van der Waals surface area contributed by atoms with Crippen LogP contribution in [0.25, 0.3) is 0 Å². The van der Waals surface area contributed by atoms with Crippen LogP contribution in [-0.2, 0) is 0 Å². The summed E-state index contributed by atoms with van der Waals surface area (Å²) < 4.78 is 0. The number of halogens is 1. The third-order valence-electron chi connectivity index (χ3n) is 3.33. The van der Waals surface area contributed by atoms with E-state index in [1.807, 2.05) is 19.1 Å². The average molecular weight is 239 g/mol. The first-order chi connectivity index (χ1) is 7.59. The first kappa shape index (κ1) is 11.6. The quantitative estimate of drug-likeness (QED) is 0.758. The molecule has 1 saturated heterocycles. The van der Waals surface area contributed by atoms with Crippen molar-refractivity contribution in [1.82, 2.24) is 0 Å². The van der Waals surface area contributed by atoms with Gasteiger partial charge in [-0.1, -0.05) is 11.6 Å². The van der Waals surface area contributed by atoms with Gasteiger partial charge in [-0.15, -0.1) is 0 Å². The molecule has 1 aliphatic rings. The van der Waals surface area contributed by atoms with E-state index >= 15 is 0 Å². The van der Waals surface area contributed by atoms with Crippen molar-refractivity contribution in [3.63, 3.8) is 0 Å². The zero-order chi connectivity index (χ0) is 11.7. The Hall–Kier alpha value is -0.890. The van der Waals surface area contributed by atoms with E-state index in [2.05, 4.69) is 11.8 Å². The van der Waals surface area contributed by atoms with Crippen molar-refractivity contribution in [3.8, 4) is 0 Å². The van der Waals surface area contributed by atoms with Crippen molar-refractivity contribution in [1.29, 1.82) is 0 Å². The average Bonchev–Trinajstić information content (AvgIpc) is 2.19. The molecule has 0 bridgehead atoms. The maximum atomic E-state index is 6.31. The summed E-state index contributed by atoms with van der Waals surface area (Å²) >= 11 is 6.31. The molecule has 1 aliphatic heterocycles. The molecule has 0 radical (unpaired) electrons. The van der Waals surface area contributed by atoms with Crippen LogP contribution in [0.4, 0.5) is 11.4 Å². The molecule has 1 aromatic rings. The lowest BCUT2D eigenvalue weighted by atomic mass is 10.0. The van der Waals surface area contributed by atoms with E-state index in [0.29, 0.717) is 6.04 Å². The van der Waals surface area contributed by atoms with Crippen molar-refractivity contribution >= 4 is 23.0 Å². The van der Waals surface area contributed by atoms with Gasteiger partial charge in [-0.25, -0.2) is 0 Å². The number of hydrogen-bond donors (Lipinski definition) is 1. The Labute approximate surface area is 102 Å². The predicted molar refractivity (Wildman–Crippen MR) is 71.3 cm³/mol. The van der Waals surface area contributed by atoms with E-state index in [1.165, 1.54) is 19.3 Å². The van der Waals surface area contributed by atoms with Crippen molar-refractivity contribution in [2.75, 3.05) is 17.2 Å². The zero-order valence-corrected chi connectivity index (χ0v) is 10.7. The molecule has 1 fully saturated rings. The number of piperidine rings is 1. The normalized spacial score (nSPS) is 21.2. The van der Waals surface area contributed by atoms with Crippen LogP contribution in [0.5, 0.6) is 0 Å². The molecule has 0 aliphatic carbocycles. The van der Waals surface area contributed by atoms with Crippen LogP contribution < -0.4 is 10.6 Å². The largest absolute Gasteiger partial charge is 0.397 e. The fraction of sp³-hybridized carbons (Fsp3) is 0.538. The molecule has 2 nitrogen and oxygen atoms in total. The number of rotatable bonds is 1. The van der Waals surface area contributed by atoms with Gasteiger partial charge in [0.1, 0.15) is 0 Å². The van der Waals surface area contributed by atoms with Crippen LogP contribution in [0.2, 0.25) is 5.02 Å². The molecule has 16 heavy (non-hydrogen) atoms. The summed E-state index contributed by atoms with van der Waals surface area (Å²) in [6.07, 6.45) is 3.76. The van der Waals surface area contributed by atoms with Gasteiger partial charge in [-0.2, -0.15) is 0 Å². The van der Waals surface area contributed by atoms with Crippen LogP contribution in [0.15, 0.2) is 12.1 Å². The number of benzene rings is 1. The van der Waals surface area contributed by atoms with E-state index in [-0.39, 0.29) is 0 Å². The van der Waals surface area contributed by atoms with E-state index in [9.17, 15) is 0 Å². The number of anilines is 2. The van der Waals surface area contributed by atoms with E-state index < -0.39 is 0 Å². The first-order valence-corrected chi connectivity index (χ1v) is 6.29. The lowest BCUT2D eigenvalue weighted by Crippen LogP contribution is -2.38. The molecule has 1 aromatic carbocycles. The summed E-state index contributed by atoms with van der Waals surface area (Å²) in [5.74, 6) is 0. The highest BCUT2D eigenvalue weighted by atomic mass is 35.5. The van der Waals surface area contributed by atoms with Gasteiger partial charge in [0.15, 0.2) is 0 Å². The topological polar surface area (TPSA) is 29.3 Å². The van der Waals surface area contributed by atoms with Crippen LogP contribution in [0.3, 0.4) is 0 Å². The van der Waals surface area contributed by atoms with Crippen LogP contribution in [0.1, 0.15) is 31.7 Å². The summed E-state index contributed by atoms with van der Waals surface area (Å²) in [4.78, 5) is 2.35. The predicted octanol–water partition coefficient (Wildman–Crippen LogP) is 3.61. The highest BCUT2D eigenvalue weighted by Crippen LogP contribution is 2.36. The fourth-order valence-corrected chi connectivity index (χ4v) is 2.88. The number of nitrogens with two attached hydrogens (primary N) is 1. The Balaban J connectivity index is 2.38. The molecule has 2 rings (SSSR count). The molecule has 1 atom stereocenters. The molecule has 0 amide bonds. The Kier molecular flexibility index (Phi) is 3.29. The van der Waals surface area contributed by atoms with Gasteiger partial charge >= 0.3 is 0 Å². The minimum absolute atomic E-state index is 0.538. The molecule has 2 N–H and O–H groups in total. The minimum atomic E-state index is 0.538. The maximum absolute atomic E-state index is 6.31. The standard InChI is InChI=1S/C13H19ClN2/c1-9-7-11(14)13(12(15)8-9)16-6-4-3-5-10(16)2/h7-8,10H,3-6,15H2,1-2H3. The second-order valence-corrected chi connectivity index (χ2v) is 5.13. The van der Waals surface area contributed by atoms with Gasteiger partial charge in [0, 0.05) is 12.6 Å². The summed E-state index contributed by atoms with van der Waals surface area (Å²) in [5.41, 5.74) is 9.04. The molecule has 88 valence electrons.